The predicted molar refractivity (Wildman–Crippen MR) is 55.0 cm³/mol. The second-order valence-corrected chi connectivity index (χ2v) is 3.99. The third kappa shape index (κ3) is 8.22. The third-order valence-corrected chi connectivity index (χ3v) is 1.78. The molecule has 80 valence electrons. The van der Waals surface area contributed by atoms with Crippen molar-refractivity contribution < 1.29 is 9.47 Å². The molecule has 0 radical (unpaired) electrons. The van der Waals surface area contributed by atoms with Gasteiger partial charge in [-0.1, -0.05) is 20.8 Å². The summed E-state index contributed by atoms with van der Waals surface area (Å²) in [4.78, 5) is 0. The number of rotatable bonds is 8. The van der Waals surface area contributed by atoms with Gasteiger partial charge in [-0.2, -0.15) is 0 Å². The van der Waals surface area contributed by atoms with Crippen LogP contribution in [0.25, 0.3) is 0 Å². The first kappa shape index (κ1) is 12.9. The first-order chi connectivity index (χ1) is 6.12. The van der Waals surface area contributed by atoms with Gasteiger partial charge >= 0.3 is 0 Å². The lowest BCUT2D eigenvalue weighted by Gasteiger charge is -2.24. The predicted octanol–water partition coefficient (Wildman–Crippen LogP) is 1.29. The molecule has 0 aliphatic heterocycles. The average Bonchev–Trinajstić information content (AvgIpc) is 2.09. The van der Waals surface area contributed by atoms with Gasteiger partial charge < -0.3 is 14.8 Å². The highest BCUT2D eigenvalue weighted by Gasteiger charge is 2.16. The van der Waals surface area contributed by atoms with E-state index in [0.29, 0.717) is 13.2 Å². The van der Waals surface area contributed by atoms with Crippen molar-refractivity contribution in [1.29, 1.82) is 0 Å². The summed E-state index contributed by atoms with van der Waals surface area (Å²) >= 11 is 0. The van der Waals surface area contributed by atoms with Gasteiger partial charge in [0.2, 0.25) is 0 Å². The Morgan fingerprint density at radius 3 is 2.46 bits per heavy atom. The van der Waals surface area contributed by atoms with Gasteiger partial charge in [-0.05, 0) is 6.54 Å². The van der Waals surface area contributed by atoms with Crippen molar-refractivity contribution in [2.75, 3.05) is 40.0 Å². The van der Waals surface area contributed by atoms with E-state index in [1.54, 1.807) is 7.11 Å². The van der Waals surface area contributed by atoms with Crippen LogP contribution in [0.2, 0.25) is 0 Å². The zero-order valence-electron chi connectivity index (χ0n) is 9.35. The van der Waals surface area contributed by atoms with Crippen LogP contribution in [0.4, 0.5) is 0 Å². The van der Waals surface area contributed by atoms with E-state index in [9.17, 15) is 0 Å². The number of nitrogens with one attached hydrogen (secondary N) is 1. The molecule has 0 unspecified atom stereocenters. The van der Waals surface area contributed by atoms with E-state index in [1.807, 2.05) is 0 Å². The fourth-order valence-electron chi connectivity index (χ4n) is 1.01. The Labute approximate surface area is 81.8 Å². The molecule has 0 heterocycles. The van der Waals surface area contributed by atoms with E-state index in [1.165, 1.54) is 0 Å². The molecule has 13 heavy (non-hydrogen) atoms. The van der Waals surface area contributed by atoms with E-state index < -0.39 is 0 Å². The SMILES string of the molecule is CCNCC(C)(C)COCCOC. The van der Waals surface area contributed by atoms with Gasteiger partial charge in [0, 0.05) is 19.1 Å². The van der Waals surface area contributed by atoms with E-state index in [-0.39, 0.29) is 5.41 Å². The summed E-state index contributed by atoms with van der Waals surface area (Å²) in [7, 11) is 1.69. The van der Waals surface area contributed by atoms with Gasteiger partial charge in [0.15, 0.2) is 0 Å². The highest BCUT2D eigenvalue weighted by atomic mass is 16.5. The standard InChI is InChI=1S/C10H23NO2/c1-5-11-8-10(2,3)9-13-7-6-12-4/h11H,5-9H2,1-4H3. The molecule has 0 saturated heterocycles. The summed E-state index contributed by atoms with van der Waals surface area (Å²) in [5, 5.41) is 3.32. The Kier molecular flexibility index (Phi) is 7.23. The van der Waals surface area contributed by atoms with E-state index in [2.05, 4.69) is 26.1 Å². The van der Waals surface area contributed by atoms with Crippen LogP contribution in [0.15, 0.2) is 0 Å². The summed E-state index contributed by atoms with van der Waals surface area (Å²) in [6, 6.07) is 0. The fourth-order valence-corrected chi connectivity index (χ4v) is 1.01. The molecule has 0 aromatic rings. The molecule has 3 nitrogen and oxygen atoms in total. The molecule has 0 saturated carbocycles. The van der Waals surface area contributed by atoms with Gasteiger partial charge in [-0.15, -0.1) is 0 Å². The zero-order chi connectivity index (χ0) is 10.2. The molecule has 0 atom stereocenters. The molecule has 0 aromatic carbocycles. The van der Waals surface area contributed by atoms with Crippen molar-refractivity contribution in [2.24, 2.45) is 5.41 Å². The molecular weight excluding hydrogens is 166 g/mol. The topological polar surface area (TPSA) is 30.5 Å². The number of hydrogen-bond donors (Lipinski definition) is 1. The largest absolute Gasteiger partial charge is 0.382 e. The molecular formula is C10H23NO2. The number of hydrogen-bond acceptors (Lipinski definition) is 3. The lowest BCUT2D eigenvalue weighted by atomic mass is 9.95. The molecule has 0 aromatic heterocycles. The minimum absolute atomic E-state index is 0.212. The van der Waals surface area contributed by atoms with Crippen LogP contribution < -0.4 is 5.32 Å². The zero-order valence-corrected chi connectivity index (χ0v) is 9.35. The van der Waals surface area contributed by atoms with Crippen LogP contribution >= 0.6 is 0 Å². The summed E-state index contributed by atoms with van der Waals surface area (Å²) in [5.74, 6) is 0. The molecule has 0 rings (SSSR count). The fraction of sp³-hybridized carbons (Fsp3) is 1.00. The Bertz CT molecular complexity index is 115. The Morgan fingerprint density at radius 2 is 1.92 bits per heavy atom. The Balaban J connectivity index is 3.39. The van der Waals surface area contributed by atoms with Crippen molar-refractivity contribution in [3.05, 3.63) is 0 Å². The second-order valence-electron chi connectivity index (χ2n) is 3.99. The van der Waals surface area contributed by atoms with Crippen LogP contribution in [0.5, 0.6) is 0 Å². The average molecular weight is 189 g/mol. The monoisotopic (exact) mass is 189 g/mol. The summed E-state index contributed by atoms with van der Waals surface area (Å²) in [5.41, 5.74) is 0.212. The van der Waals surface area contributed by atoms with Crippen molar-refractivity contribution in [2.45, 2.75) is 20.8 Å². The summed E-state index contributed by atoms with van der Waals surface area (Å²) < 4.78 is 10.4. The highest BCUT2D eigenvalue weighted by Crippen LogP contribution is 2.13. The van der Waals surface area contributed by atoms with Crippen molar-refractivity contribution in [1.82, 2.24) is 5.32 Å². The van der Waals surface area contributed by atoms with E-state index >= 15 is 0 Å². The molecule has 0 aliphatic rings. The quantitative estimate of drug-likeness (QED) is 0.584. The van der Waals surface area contributed by atoms with Crippen molar-refractivity contribution >= 4 is 0 Å². The van der Waals surface area contributed by atoms with Crippen LogP contribution in [0.3, 0.4) is 0 Å². The summed E-state index contributed by atoms with van der Waals surface area (Å²) in [6.07, 6.45) is 0. The minimum Gasteiger partial charge on any atom is -0.382 e. The molecule has 0 spiro atoms. The molecule has 0 fully saturated rings. The third-order valence-electron chi connectivity index (χ3n) is 1.78. The van der Waals surface area contributed by atoms with Crippen LogP contribution in [-0.2, 0) is 9.47 Å². The maximum Gasteiger partial charge on any atom is 0.0700 e. The maximum atomic E-state index is 5.47. The lowest BCUT2D eigenvalue weighted by Crippen LogP contribution is -2.33. The first-order valence-electron chi connectivity index (χ1n) is 4.90. The van der Waals surface area contributed by atoms with Gasteiger partial charge in [0.05, 0.1) is 19.8 Å². The van der Waals surface area contributed by atoms with Gasteiger partial charge in [-0.25, -0.2) is 0 Å². The summed E-state index contributed by atoms with van der Waals surface area (Å²) in [6.45, 7) is 10.7. The van der Waals surface area contributed by atoms with Crippen LogP contribution in [0, 0.1) is 5.41 Å². The van der Waals surface area contributed by atoms with E-state index in [0.717, 1.165) is 19.7 Å². The first-order valence-corrected chi connectivity index (χ1v) is 4.90. The van der Waals surface area contributed by atoms with Crippen LogP contribution in [-0.4, -0.2) is 40.0 Å². The van der Waals surface area contributed by atoms with Gasteiger partial charge in [-0.3, -0.25) is 0 Å². The van der Waals surface area contributed by atoms with Gasteiger partial charge in [0.1, 0.15) is 0 Å². The normalized spacial score (nSPS) is 12.0. The second kappa shape index (κ2) is 7.30. The molecule has 1 N–H and O–H groups in total. The molecule has 0 bridgehead atoms. The lowest BCUT2D eigenvalue weighted by molar-refractivity contribution is 0.0281. The number of methoxy groups -OCH3 is 1. The van der Waals surface area contributed by atoms with Crippen molar-refractivity contribution in [3.8, 4) is 0 Å². The maximum absolute atomic E-state index is 5.47. The Morgan fingerprint density at radius 1 is 1.23 bits per heavy atom. The minimum atomic E-state index is 0.212. The van der Waals surface area contributed by atoms with Gasteiger partial charge in [0.25, 0.3) is 0 Å². The number of ether oxygens (including phenoxy) is 2. The van der Waals surface area contributed by atoms with E-state index in [4.69, 9.17) is 9.47 Å². The molecule has 0 amide bonds. The van der Waals surface area contributed by atoms with Crippen LogP contribution in [0.1, 0.15) is 20.8 Å². The smallest absolute Gasteiger partial charge is 0.0700 e. The molecule has 0 aliphatic carbocycles. The Hall–Kier alpha value is -0.120. The molecule has 3 heteroatoms. The van der Waals surface area contributed by atoms with Crippen molar-refractivity contribution in [3.63, 3.8) is 0 Å². The highest BCUT2D eigenvalue weighted by molar-refractivity contribution is 4.70.